The minimum Gasteiger partial charge on any atom is -0.398 e. The second-order valence-corrected chi connectivity index (χ2v) is 8.55. The van der Waals surface area contributed by atoms with Crippen LogP contribution in [0.25, 0.3) is 0 Å². The lowest BCUT2D eigenvalue weighted by molar-refractivity contribution is -0.376. The molecule has 0 unspecified atom stereocenters. The normalized spacial score (nSPS) is 14.9. The third-order valence-corrected chi connectivity index (χ3v) is 6.20. The standard InChI is InChI=1S/C21H14F16N2O2/c22-7-14(17(23,24)25,8-1-3-12(38)10(5-8)15(40,18(26,27)28)19(29,30)31)9-2-4-13(39)11(6-9)16(41,20(32,33)34)21(35,36)37/h1-6,40-41H,7,38-39H2. The molecule has 0 aromatic heterocycles. The van der Waals surface area contributed by atoms with Crippen LogP contribution >= 0.6 is 0 Å². The third kappa shape index (κ3) is 4.97. The molecule has 0 heterocycles. The number of benzene rings is 2. The summed E-state index contributed by atoms with van der Waals surface area (Å²) in [6.07, 6.45) is -33.1. The van der Waals surface area contributed by atoms with Crippen molar-refractivity contribution in [3.63, 3.8) is 0 Å². The van der Waals surface area contributed by atoms with Gasteiger partial charge in [0.15, 0.2) is 0 Å². The molecule has 0 aliphatic heterocycles. The van der Waals surface area contributed by atoms with Gasteiger partial charge < -0.3 is 21.7 Å². The minimum absolute atomic E-state index is 0.0190. The van der Waals surface area contributed by atoms with Gasteiger partial charge in [-0.3, -0.25) is 0 Å². The first-order valence-corrected chi connectivity index (χ1v) is 10.2. The fourth-order valence-electron chi connectivity index (χ4n) is 3.93. The van der Waals surface area contributed by atoms with Gasteiger partial charge in [0.1, 0.15) is 12.1 Å². The molecular weight excluding hydrogens is 616 g/mol. The molecule has 4 nitrogen and oxygen atoms in total. The zero-order valence-electron chi connectivity index (χ0n) is 19.3. The van der Waals surface area contributed by atoms with Crippen LogP contribution in [-0.4, -0.2) is 47.8 Å². The predicted molar refractivity (Wildman–Crippen MR) is 107 cm³/mol. The molecule has 2 rings (SSSR count). The first kappa shape index (κ1) is 34.0. The largest absolute Gasteiger partial charge is 0.430 e. The summed E-state index contributed by atoms with van der Waals surface area (Å²) >= 11 is 0. The summed E-state index contributed by atoms with van der Waals surface area (Å²) in [4.78, 5) is 0. The Morgan fingerprint density at radius 2 is 0.756 bits per heavy atom. The zero-order chi connectivity index (χ0) is 32.4. The summed E-state index contributed by atoms with van der Waals surface area (Å²) in [5, 5.41) is 19.3. The Bertz CT molecular complexity index is 1160. The summed E-state index contributed by atoms with van der Waals surface area (Å²) in [7, 11) is 0. The van der Waals surface area contributed by atoms with E-state index in [0.29, 0.717) is 0 Å². The molecule has 6 N–H and O–H groups in total. The quantitative estimate of drug-likeness (QED) is 0.231. The van der Waals surface area contributed by atoms with E-state index in [2.05, 4.69) is 0 Å². The van der Waals surface area contributed by atoms with E-state index in [0.717, 1.165) is 0 Å². The van der Waals surface area contributed by atoms with E-state index >= 15 is 0 Å². The Morgan fingerprint density at radius 3 is 0.951 bits per heavy atom. The van der Waals surface area contributed by atoms with Gasteiger partial charge in [0.2, 0.25) is 0 Å². The maximum atomic E-state index is 14.4. The molecular formula is C21H14F16N2O2. The van der Waals surface area contributed by atoms with Crippen molar-refractivity contribution in [2.45, 2.75) is 47.5 Å². The fourth-order valence-corrected chi connectivity index (χ4v) is 3.93. The molecule has 0 fully saturated rings. The molecule has 0 saturated carbocycles. The van der Waals surface area contributed by atoms with Gasteiger partial charge >= 0.3 is 30.9 Å². The number of hydrogen-bond donors (Lipinski definition) is 4. The van der Waals surface area contributed by atoms with Gasteiger partial charge in [-0.1, -0.05) is 12.1 Å². The van der Waals surface area contributed by atoms with E-state index in [9.17, 15) is 80.5 Å². The Balaban J connectivity index is 3.12. The van der Waals surface area contributed by atoms with Gasteiger partial charge in [-0.25, -0.2) is 4.39 Å². The predicted octanol–water partition coefficient (Wildman–Crippen LogP) is 6.29. The van der Waals surface area contributed by atoms with Crippen LogP contribution < -0.4 is 11.5 Å². The number of anilines is 2. The van der Waals surface area contributed by atoms with Crippen molar-refractivity contribution in [1.29, 1.82) is 0 Å². The van der Waals surface area contributed by atoms with Crippen molar-refractivity contribution < 1.29 is 80.5 Å². The zero-order valence-corrected chi connectivity index (χ0v) is 19.3. The summed E-state index contributed by atoms with van der Waals surface area (Å²) in [6.45, 7) is -2.95. The van der Waals surface area contributed by atoms with Crippen LogP contribution in [0.15, 0.2) is 36.4 Å². The van der Waals surface area contributed by atoms with Crippen LogP contribution in [0.5, 0.6) is 0 Å². The van der Waals surface area contributed by atoms with Gasteiger partial charge in [0, 0.05) is 22.5 Å². The molecule has 2 aromatic carbocycles. The molecule has 0 saturated heterocycles. The van der Waals surface area contributed by atoms with Crippen molar-refractivity contribution in [3.05, 3.63) is 58.7 Å². The van der Waals surface area contributed by atoms with E-state index in [1.807, 2.05) is 0 Å². The number of halogens is 16. The van der Waals surface area contributed by atoms with Crippen LogP contribution in [0, 0.1) is 0 Å². The lowest BCUT2D eigenvalue weighted by Crippen LogP contribution is -2.55. The molecule has 0 spiro atoms. The highest BCUT2D eigenvalue weighted by Gasteiger charge is 2.73. The van der Waals surface area contributed by atoms with E-state index in [1.54, 1.807) is 0 Å². The van der Waals surface area contributed by atoms with E-state index in [1.165, 1.54) is 0 Å². The molecule has 20 heteroatoms. The summed E-state index contributed by atoms with van der Waals surface area (Å²) < 4.78 is 219. The summed E-state index contributed by atoms with van der Waals surface area (Å²) in [5.74, 6) is 0. The van der Waals surface area contributed by atoms with Crippen LogP contribution in [0.1, 0.15) is 22.3 Å². The molecule has 0 aliphatic rings. The number of nitrogen functional groups attached to an aromatic ring is 2. The lowest BCUT2D eigenvalue weighted by atomic mass is 9.72. The Morgan fingerprint density at radius 1 is 0.488 bits per heavy atom. The van der Waals surface area contributed by atoms with Crippen LogP contribution in [0.4, 0.5) is 81.6 Å². The van der Waals surface area contributed by atoms with E-state index < -0.39 is 99.9 Å². The van der Waals surface area contributed by atoms with E-state index in [-0.39, 0.29) is 24.3 Å². The first-order chi connectivity index (χ1) is 18.1. The monoisotopic (exact) mass is 630 g/mol. The maximum absolute atomic E-state index is 14.4. The molecule has 0 bridgehead atoms. The molecule has 0 aliphatic carbocycles. The Hall–Kier alpha value is -3.16. The number of aliphatic hydroxyl groups is 2. The summed E-state index contributed by atoms with van der Waals surface area (Å²) in [5.41, 5.74) is -18.7. The van der Waals surface area contributed by atoms with E-state index in [4.69, 9.17) is 11.5 Å². The Labute approximate surface area is 217 Å². The van der Waals surface area contributed by atoms with Crippen molar-refractivity contribution >= 4 is 11.4 Å². The van der Waals surface area contributed by atoms with Crippen LogP contribution in [0.2, 0.25) is 0 Å². The summed E-state index contributed by atoms with van der Waals surface area (Å²) in [6, 6.07) is -1.56. The van der Waals surface area contributed by atoms with Gasteiger partial charge in [0.25, 0.3) is 11.2 Å². The smallest absolute Gasteiger partial charge is 0.398 e. The molecule has 2 aromatic rings. The molecule has 0 atom stereocenters. The number of hydrogen-bond acceptors (Lipinski definition) is 4. The maximum Gasteiger partial charge on any atom is 0.430 e. The van der Waals surface area contributed by atoms with Crippen LogP contribution in [-0.2, 0) is 16.6 Å². The first-order valence-electron chi connectivity index (χ1n) is 10.2. The number of nitrogens with two attached hydrogens (primary N) is 2. The molecule has 232 valence electrons. The van der Waals surface area contributed by atoms with Crippen LogP contribution in [0.3, 0.4) is 0 Å². The highest BCUT2D eigenvalue weighted by molar-refractivity contribution is 5.59. The van der Waals surface area contributed by atoms with Crippen molar-refractivity contribution in [2.24, 2.45) is 0 Å². The number of alkyl halides is 16. The Kier molecular flexibility index (Phi) is 8.06. The SMILES string of the molecule is Nc1ccc(C(CF)(c2ccc(N)c(C(O)(C(F)(F)F)C(F)(F)F)c2)C(F)(F)F)cc1C(O)(C(F)(F)F)C(F)(F)F. The second-order valence-electron chi connectivity index (χ2n) is 8.55. The fraction of sp³-hybridized carbons (Fsp3) is 0.429. The average molecular weight is 630 g/mol. The highest BCUT2D eigenvalue weighted by Crippen LogP contribution is 2.56. The molecule has 41 heavy (non-hydrogen) atoms. The molecule has 0 amide bonds. The third-order valence-electron chi connectivity index (χ3n) is 6.20. The van der Waals surface area contributed by atoms with Gasteiger partial charge in [0.05, 0.1) is 0 Å². The highest BCUT2D eigenvalue weighted by atomic mass is 19.4. The second kappa shape index (κ2) is 9.70. The van der Waals surface area contributed by atoms with Crippen molar-refractivity contribution in [2.75, 3.05) is 18.1 Å². The average Bonchev–Trinajstić information content (AvgIpc) is 2.76. The molecule has 0 radical (unpaired) electrons. The van der Waals surface area contributed by atoms with Gasteiger partial charge in [-0.05, 0) is 35.4 Å². The van der Waals surface area contributed by atoms with Crippen molar-refractivity contribution in [1.82, 2.24) is 0 Å². The lowest BCUT2D eigenvalue weighted by Gasteiger charge is -2.38. The van der Waals surface area contributed by atoms with Crippen molar-refractivity contribution in [3.8, 4) is 0 Å². The van der Waals surface area contributed by atoms with Gasteiger partial charge in [-0.2, -0.15) is 65.9 Å². The topological polar surface area (TPSA) is 92.5 Å². The minimum atomic E-state index is -6.72. The van der Waals surface area contributed by atoms with Gasteiger partial charge in [-0.15, -0.1) is 0 Å². The number of rotatable bonds is 5.